The van der Waals surface area contributed by atoms with Crippen molar-refractivity contribution in [1.29, 1.82) is 10.5 Å². The van der Waals surface area contributed by atoms with Crippen LogP contribution in [0.15, 0.2) is 31.8 Å². The van der Waals surface area contributed by atoms with Gasteiger partial charge in [-0.1, -0.05) is 0 Å². The summed E-state index contributed by atoms with van der Waals surface area (Å²) in [4.78, 5) is 3.73. The Hall–Kier alpha value is -0.960. The minimum atomic E-state index is 0.469. The van der Waals surface area contributed by atoms with Crippen LogP contribution >= 0.6 is 65.9 Å². The van der Waals surface area contributed by atoms with Gasteiger partial charge in [-0.05, 0) is 56.1 Å². The topological polar surface area (TPSA) is 47.6 Å². The van der Waals surface area contributed by atoms with Gasteiger partial charge in [0.2, 0.25) is 0 Å². The Morgan fingerprint density at radius 2 is 1.14 bits per heavy atom. The lowest BCUT2D eigenvalue weighted by atomic mass is 10.1. The molecule has 0 aliphatic carbocycles. The molecule has 0 aliphatic heterocycles. The Kier molecular flexibility index (Phi) is 4.30. The van der Waals surface area contributed by atoms with Gasteiger partial charge < -0.3 is 0 Å². The van der Waals surface area contributed by atoms with E-state index in [1.165, 1.54) is 11.3 Å². The molecular formula is C14H4Br2N2S3. The van der Waals surface area contributed by atoms with E-state index in [1.54, 1.807) is 22.7 Å². The summed E-state index contributed by atoms with van der Waals surface area (Å²) < 4.78 is 2.02. The average molecular weight is 456 g/mol. The number of halogens is 2. The van der Waals surface area contributed by atoms with Crippen LogP contribution in [0.25, 0.3) is 19.5 Å². The standard InChI is InChI=1S/C14H4Br2N2S3/c15-11-3-1-9(19-11)13-7(5-17)8(6-18)14(21-13)10-2-4-12(16)20-10/h1-4H. The molecule has 0 amide bonds. The van der Waals surface area contributed by atoms with Crippen molar-refractivity contribution in [2.75, 3.05) is 0 Å². The van der Waals surface area contributed by atoms with E-state index >= 15 is 0 Å². The van der Waals surface area contributed by atoms with Crippen LogP contribution in [0, 0.1) is 22.7 Å². The Balaban J connectivity index is 2.26. The summed E-state index contributed by atoms with van der Waals surface area (Å²) in [6.07, 6.45) is 0. The van der Waals surface area contributed by atoms with Crippen molar-refractivity contribution in [3.8, 4) is 31.6 Å². The van der Waals surface area contributed by atoms with Crippen LogP contribution in [0.5, 0.6) is 0 Å². The van der Waals surface area contributed by atoms with E-state index in [0.717, 1.165) is 27.1 Å². The van der Waals surface area contributed by atoms with Crippen LogP contribution in [0.2, 0.25) is 0 Å². The fourth-order valence-electron chi connectivity index (χ4n) is 1.86. The van der Waals surface area contributed by atoms with E-state index in [-0.39, 0.29) is 0 Å². The highest BCUT2D eigenvalue weighted by atomic mass is 79.9. The fourth-order valence-corrected chi connectivity index (χ4v) is 6.07. The molecule has 0 radical (unpaired) electrons. The third kappa shape index (κ3) is 2.73. The maximum absolute atomic E-state index is 9.46. The molecule has 0 spiro atoms. The fraction of sp³-hybridized carbons (Fsp3) is 0. The zero-order valence-corrected chi connectivity index (χ0v) is 15.8. The Morgan fingerprint density at radius 1 is 0.714 bits per heavy atom. The van der Waals surface area contributed by atoms with Crippen molar-refractivity contribution in [3.05, 3.63) is 43.0 Å². The lowest BCUT2D eigenvalue weighted by Gasteiger charge is -1.91. The van der Waals surface area contributed by atoms with Crippen molar-refractivity contribution in [3.63, 3.8) is 0 Å². The summed E-state index contributed by atoms with van der Waals surface area (Å²) in [7, 11) is 0. The van der Waals surface area contributed by atoms with Gasteiger partial charge in [0.15, 0.2) is 0 Å². The minimum Gasteiger partial charge on any atom is -0.192 e. The third-order valence-corrected chi connectivity index (χ3v) is 7.52. The number of nitrogens with zero attached hydrogens (tertiary/aromatic N) is 2. The molecule has 0 saturated carbocycles. The van der Waals surface area contributed by atoms with Gasteiger partial charge in [0.1, 0.15) is 12.1 Å². The van der Waals surface area contributed by atoms with Gasteiger partial charge in [-0.15, -0.1) is 34.0 Å². The molecule has 2 nitrogen and oxygen atoms in total. The van der Waals surface area contributed by atoms with Crippen LogP contribution < -0.4 is 0 Å². The highest BCUT2D eigenvalue weighted by molar-refractivity contribution is 9.11. The Labute approximate surface area is 150 Å². The first-order valence-electron chi connectivity index (χ1n) is 5.62. The van der Waals surface area contributed by atoms with Crippen LogP contribution in [0.4, 0.5) is 0 Å². The highest BCUT2D eigenvalue weighted by Crippen LogP contribution is 2.46. The van der Waals surface area contributed by atoms with Gasteiger partial charge in [0.05, 0.1) is 28.5 Å². The van der Waals surface area contributed by atoms with E-state index in [2.05, 4.69) is 44.0 Å². The molecule has 0 aromatic carbocycles. The van der Waals surface area contributed by atoms with Gasteiger partial charge in [0.25, 0.3) is 0 Å². The zero-order valence-electron chi connectivity index (χ0n) is 10.2. The molecule has 21 heavy (non-hydrogen) atoms. The third-order valence-electron chi connectivity index (χ3n) is 2.73. The van der Waals surface area contributed by atoms with Crippen molar-refractivity contribution >= 4 is 65.9 Å². The van der Waals surface area contributed by atoms with Gasteiger partial charge in [-0.25, -0.2) is 0 Å². The molecule has 0 unspecified atom stereocenters. The van der Waals surface area contributed by atoms with Gasteiger partial charge in [-0.2, -0.15) is 10.5 Å². The predicted molar refractivity (Wildman–Crippen MR) is 95.8 cm³/mol. The number of hydrogen-bond donors (Lipinski definition) is 0. The molecule has 0 atom stereocenters. The molecule has 3 aromatic heterocycles. The normalized spacial score (nSPS) is 10.3. The second-order valence-corrected chi connectivity index (χ2v) is 9.89. The molecule has 3 rings (SSSR count). The van der Waals surface area contributed by atoms with Crippen LogP contribution in [-0.2, 0) is 0 Å². The first-order valence-corrected chi connectivity index (χ1v) is 9.66. The van der Waals surface area contributed by atoms with Gasteiger partial charge >= 0.3 is 0 Å². The summed E-state index contributed by atoms with van der Waals surface area (Å²) in [5.74, 6) is 0. The van der Waals surface area contributed by atoms with Crippen molar-refractivity contribution in [2.45, 2.75) is 0 Å². The zero-order chi connectivity index (χ0) is 15.0. The number of thiophene rings is 3. The van der Waals surface area contributed by atoms with Crippen molar-refractivity contribution < 1.29 is 0 Å². The second-order valence-electron chi connectivity index (χ2n) is 3.94. The largest absolute Gasteiger partial charge is 0.192 e. The van der Waals surface area contributed by atoms with E-state index < -0.39 is 0 Å². The van der Waals surface area contributed by atoms with Crippen LogP contribution in [0.3, 0.4) is 0 Å². The van der Waals surface area contributed by atoms with Gasteiger partial charge in [-0.3, -0.25) is 0 Å². The molecule has 3 aromatic rings. The van der Waals surface area contributed by atoms with E-state index in [0.29, 0.717) is 11.1 Å². The van der Waals surface area contributed by atoms with Crippen molar-refractivity contribution in [2.24, 2.45) is 0 Å². The highest BCUT2D eigenvalue weighted by Gasteiger charge is 2.22. The van der Waals surface area contributed by atoms with E-state index in [4.69, 9.17) is 0 Å². The van der Waals surface area contributed by atoms with Gasteiger partial charge in [0, 0.05) is 9.75 Å². The summed E-state index contributed by atoms with van der Waals surface area (Å²) in [6.45, 7) is 0. The molecule has 0 aliphatic rings. The smallest absolute Gasteiger partial charge is 0.102 e. The number of nitriles is 2. The van der Waals surface area contributed by atoms with Crippen LogP contribution in [0.1, 0.15) is 11.1 Å². The number of rotatable bonds is 2. The summed E-state index contributed by atoms with van der Waals surface area (Å²) in [6, 6.07) is 12.2. The Bertz CT molecular complexity index is 833. The molecule has 3 heterocycles. The molecule has 0 fully saturated rings. The predicted octanol–water partition coefficient (Wildman–Crippen LogP) is 6.47. The summed E-state index contributed by atoms with van der Waals surface area (Å²) >= 11 is 11.5. The van der Waals surface area contributed by atoms with E-state index in [1.807, 2.05) is 24.3 Å². The summed E-state index contributed by atoms with van der Waals surface area (Å²) in [5, 5.41) is 18.9. The first-order chi connectivity index (χ1) is 10.1. The maximum atomic E-state index is 9.46. The average Bonchev–Trinajstić information content (AvgIpc) is 3.15. The molecule has 0 N–H and O–H groups in total. The molecule has 0 bridgehead atoms. The van der Waals surface area contributed by atoms with Crippen LogP contribution in [-0.4, -0.2) is 0 Å². The Morgan fingerprint density at radius 3 is 1.43 bits per heavy atom. The monoisotopic (exact) mass is 454 g/mol. The minimum absolute atomic E-state index is 0.469. The first kappa shape index (κ1) is 15.0. The quantitative estimate of drug-likeness (QED) is 0.444. The summed E-state index contributed by atoms with van der Waals surface area (Å²) in [5.41, 5.74) is 0.938. The SMILES string of the molecule is N#Cc1c(-c2ccc(Br)s2)sc(-c2ccc(Br)s2)c1C#N. The molecular weight excluding hydrogens is 452 g/mol. The molecule has 102 valence electrons. The molecule has 7 heteroatoms. The van der Waals surface area contributed by atoms with Crippen molar-refractivity contribution in [1.82, 2.24) is 0 Å². The molecule has 0 saturated heterocycles. The maximum Gasteiger partial charge on any atom is 0.102 e. The van der Waals surface area contributed by atoms with E-state index in [9.17, 15) is 10.5 Å². The lowest BCUT2D eigenvalue weighted by Crippen LogP contribution is -1.80. The number of hydrogen-bond acceptors (Lipinski definition) is 5. The second kappa shape index (κ2) is 6.04. The lowest BCUT2D eigenvalue weighted by molar-refractivity contribution is 1.47.